The van der Waals surface area contributed by atoms with E-state index in [0.717, 1.165) is 5.56 Å². The molecule has 46 heavy (non-hydrogen) atoms. The SMILES string of the molecule is O=C(Nc1ccc2oc(-c3ccnc(C(=O)N4CCN([C@@H](c5ccccc5)c5nnn(C(F)F)n5)CC4)c3)nc2c1)[C@H]1CC1(F)F. The summed E-state index contributed by atoms with van der Waals surface area (Å²) in [4.78, 5) is 38.2. The van der Waals surface area contributed by atoms with E-state index in [1.807, 2.05) is 35.2 Å². The molecule has 236 valence electrons. The van der Waals surface area contributed by atoms with E-state index in [-0.39, 0.29) is 28.1 Å². The highest BCUT2D eigenvalue weighted by Crippen LogP contribution is 2.49. The van der Waals surface area contributed by atoms with Crippen molar-refractivity contribution in [3.05, 3.63) is 83.9 Å². The minimum absolute atomic E-state index is 0.137. The first kappa shape index (κ1) is 29.5. The number of carbonyl (C=O) groups is 2. The van der Waals surface area contributed by atoms with Crippen LogP contribution in [0.15, 0.2) is 71.3 Å². The van der Waals surface area contributed by atoms with Crippen LogP contribution in [0.3, 0.4) is 0 Å². The van der Waals surface area contributed by atoms with Crippen LogP contribution in [0.4, 0.5) is 23.2 Å². The largest absolute Gasteiger partial charge is 0.436 e. The van der Waals surface area contributed by atoms with Crippen molar-refractivity contribution in [3.8, 4) is 11.5 Å². The average Bonchev–Trinajstić information content (AvgIpc) is 3.39. The lowest BCUT2D eigenvalue weighted by molar-refractivity contribution is -0.119. The van der Waals surface area contributed by atoms with E-state index >= 15 is 0 Å². The van der Waals surface area contributed by atoms with Gasteiger partial charge >= 0.3 is 6.55 Å². The third kappa shape index (κ3) is 5.78. The maximum Gasteiger partial charge on any atom is 0.350 e. The van der Waals surface area contributed by atoms with E-state index in [0.29, 0.717) is 48.5 Å². The zero-order valence-electron chi connectivity index (χ0n) is 23.9. The number of fused-ring (bicyclic) bond motifs is 1. The van der Waals surface area contributed by atoms with Crippen molar-refractivity contribution in [3.63, 3.8) is 0 Å². The molecule has 3 aromatic heterocycles. The second-order valence-corrected chi connectivity index (χ2v) is 11.0. The summed E-state index contributed by atoms with van der Waals surface area (Å²) in [5.74, 6) is -5.01. The van der Waals surface area contributed by atoms with Crippen LogP contribution in [0.5, 0.6) is 0 Å². The van der Waals surface area contributed by atoms with Gasteiger partial charge in [0.1, 0.15) is 17.1 Å². The van der Waals surface area contributed by atoms with Gasteiger partial charge in [-0.25, -0.2) is 13.8 Å². The Morgan fingerprint density at radius 2 is 1.76 bits per heavy atom. The molecule has 16 heteroatoms. The van der Waals surface area contributed by atoms with Gasteiger partial charge in [0, 0.05) is 50.0 Å². The van der Waals surface area contributed by atoms with Gasteiger partial charge in [0.15, 0.2) is 11.4 Å². The standard InChI is InChI=1S/C30H25F4N9O3/c31-29(32)43-39-25(38-40-43)24(17-4-2-1-3-5-17)41-10-12-42(13-11-41)28(45)22-14-18(8-9-35-22)27-37-21-15-19(6-7-23(21)46-27)36-26(44)20-16-30(20,33)34/h1-9,14-15,20,24,29H,10-13,16H2,(H,36,44)/t20-,24+/m1/s1. The summed E-state index contributed by atoms with van der Waals surface area (Å²) in [7, 11) is 0. The van der Waals surface area contributed by atoms with Crippen LogP contribution < -0.4 is 5.32 Å². The molecule has 2 amide bonds. The number of amides is 2. The first-order chi connectivity index (χ1) is 22.2. The molecule has 2 aliphatic rings. The fourth-order valence-electron chi connectivity index (χ4n) is 5.47. The predicted molar refractivity (Wildman–Crippen MR) is 154 cm³/mol. The van der Waals surface area contributed by atoms with Gasteiger partial charge in [-0.3, -0.25) is 19.5 Å². The number of piperazine rings is 1. The van der Waals surface area contributed by atoms with Crippen LogP contribution in [-0.4, -0.2) is 83.9 Å². The normalized spacial score (nSPS) is 18.5. The lowest BCUT2D eigenvalue weighted by Gasteiger charge is -2.38. The topological polar surface area (TPSA) is 135 Å². The fraction of sp³-hybridized carbons (Fsp3) is 0.300. The Balaban J connectivity index is 1.04. The highest BCUT2D eigenvalue weighted by molar-refractivity contribution is 5.97. The zero-order chi connectivity index (χ0) is 32.0. The van der Waals surface area contributed by atoms with Crippen LogP contribution in [0.25, 0.3) is 22.6 Å². The van der Waals surface area contributed by atoms with Crippen molar-refractivity contribution in [1.29, 1.82) is 0 Å². The number of hydrogen-bond donors (Lipinski definition) is 1. The predicted octanol–water partition coefficient (Wildman–Crippen LogP) is 4.41. The highest BCUT2D eigenvalue weighted by atomic mass is 19.3. The number of carbonyl (C=O) groups excluding carboxylic acids is 2. The molecule has 0 unspecified atom stereocenters. The van der Waals surface area contributed by atoms with E-state index in [9.17, 15) is 27.2 Å². The molecule has 1 saturated carbocycles. The Labute approximate surface area is 258 Å². The van der Waals surface area contributed by atoms with Crippen LogP contribution in [0.1, 0.15) is 40.9 Å². The van der Waals surface area contributed by atoms with Crippen molar-refractivity contribution in [2.24, 2.45) is 5.92 Å². The number of nitrogens with zero attached hydrogens (tertiary/aromatic N) is 8. The van der Waals surface area contributed by atoms with E-state index in [1.165, 1.54) is 18.3 Å². The molecule has 1 saturated heterocycles. The minimum atomic E-state index is -2.97. The van der Waals surface area contributed by atoms with Gasteiger partial charge in [-0.2, -0.15) is 8.78 Å². The van der Waals surface area contributed by atoms with Gasteiger partial charge in [-0.05, 0) is 41.1 Å². The maximum atomic E-state index is 13.5. The van der Waals surface area contributed by atoms with Gasteiger partial charge < -0.3 is 14.6 Å². The molecular formula is C30H25F4N9O3. The van der Waals surface area contributed by atoms with Crippen molar-refractivity contribution in [2.45, 2.75) is 24.9 Å². The van der Waals surface area contributed by atoms with E-state index in [2.05, 4.69) is 30.7 Å². The first-order valence-electron chi connectivity index (χ1n) is 14.4. The summed E-state index contributed by atoms with van der Waals surface area (Å²) in [6.07, 6.45) is 1.01. The lowest BCUT2D eigenvalue weighted by atomic mass is 10.0. The van der Waals surface area contributed by atoms with Crippen molar-refractivity contribution >= 4 is 28.6 Å². The van der Waals surface area contributed by atoms with Crippen LogP contribution >= 0.6 is 0 Å². The Kier molecular flexibility index (Phi) is 7.43. The van der Waals surface area contributed by atoms with Crippen LogP contribution in [0.2, 0.25) is 0 Å². The summed E-state index contributed by atoms with van der Waals surface area (Å²) in [6.45, 7) is -1.42. The van der Waals surface area contributed by atoms with E-state index in [4.69, 9.17) is 4.42 Å². The Bertz CT molecular complexity index is 1910. The second-order valence-electron chi connectivity index (χ2n) is 11.0. The van der Waals surface area contributed by atoms with Crippen LogP contribution in [0, 0.1) is 5.92 Å². The number of alkyl halides is 4. The number of nitrogens with one attached hydrogen (secondary N) is 1. The van der Waals surface area contributed by atoms with Crippen LogP contribution in [-0.2, 0) is 4.79 Å². The molecule has 4 heterocycles. The Morgan fingerprint density at radius 1 is 1.00 bits per heavy atom. The molecule has 0 bridgehead atoms. The zero-order valence-corrected chi connectivity index (χ0v) is 23.9. The van der Waals surface area contributed by atoms with Gasteiger partial charge in [-0.15, -0.1) is 10.2 Å². The molecule has 2 aromatic carbocycles. The Morgan fingerprint density at radius 3 is 2.46 bits per heavy atom. The van der Waals surface area contributed by atoms with Gasteiger partial charge in [0.2, 0.25) is 11.8 Å². The summed E-state index contributed by atoms with van der Waals surface area (Å²) in [5.41, 5.74) is 2.59. The third-order valence-electron chi connectivity index (χ3n) is 7.97. The van der Waals surface area contributed by atoms with Crippen molar-refractivity contribution in [1.82, 2.24) is 40.0 Å². The van der Waals surface area contributed by atoms with E-state index in [1.54, 1.807) is 23.1 Å². The van der Waals surface area contributed by atoms with Gasteiger partial charge in [0.25, 0.3) is 11.8 Å². The molecule has 0 radical (unpaired) electrons. The number of benzene rings is 2. The number of tetrazole rings is 1. The maximum absolute atomic E-state index is 13.5. The second kappa shape index (κ2) is 11.6. The minimum Gasteiger partial charge on any atom is -0.436 e. The number of rotatable bonds is 8. The summed E-state index contributed by atoms with van der Waals surface area (Å²) < 4.78 is 58.7. The monoisotopic (exact) mass is 635 g/mol. The molecule has 1 aliphatic heterocycles. The molecule has 0 spiro atoms. The quantitative estimate of drug-likeness (QED) is 0.246. The first-order valence-corrected chi connectivity index (χ1v) is 14.4. The molecule has 1 aliphatic carbocycles. The average molecular weight is 636 g/mol. The summed E-state index contributed by atoms with van der Waals surface area (Å²) in [5, 5.41) is 13.8. The third-order valence-corrected chi connectivity index (χ3v) is 7.97. The number of oxazole rings is 1. The van der Waals surface area contributed by atoms with Gasteiger partial charge in [-0.1, -0.05) is 35.1 Å². The number of halogens is 4. The summed E-state index contributed by atoms with van der Waals surface area (Å²) >= 11 is 0. The molecule has 5 aromatic rings. The molecule has 12 nitrogen and oxygen atoms in total. The highest BCUT2D eigenvalue weighted by Gasteiger charge is 2.61. The smallest absolute Gasteiger partial charge is 0.350 e. The van der Waals surface area contributed by atoms with E-state index < -0.39 is 36.8 Å². The number of anilines is 1. The van der Waals surface area contributed by atoms with Crippen molar-refractivity contribution in [2.75, 3.05) is 31.5 Å². The number of aromatic nitrogens is 6. The molecule has 2 fully saturated rings. The number of hydrogen-bond acceptors (Lipinski definition) is 9. The lowest BCUT2D eigenvalue weighted by Crippen LogP contribution is -2.50. The summed E-state index contributed by atoms with van der Waals surface area (Å²) in [6, 6.07) is 16.6. The Hall–Kier alpha value is -5.25. The molecule has 1 N–H and O–H groups in total. The number of pyridine rings is 1. The molecule has 2 atom stereocenters. The van der Waals surface area contributed by atoms with Crippen molar-refractivity contribution < 1.29 is 31.6 Å². The molecular weight excluding hydrogens is 610 g/mol. The van der Waals surface area contributed by atoms with Gasteiger partial charge in [0.05, 0.1) is 6.04 Å². The fourth-order valence-corrected chi connectivity index (χ4v) is 5.47. The molecule has 7 rings (SSSR count).